The number of anilines is 1. The molecule has 1 aliphatic rings. The van der Waals surface area contributed by atoms with Gasteiger partial charge in [-0.1, -0.05) is 13.8 Å². The summed E-state index contributed by atoms with van der Waals surface area (Å²) in [6.45, 7) is 4.31. The van der Waals surface area contributed by atoms with E-state index >= 15 is 0 Å². The lowest BCUT2D eigenvalue weighted by atomic mass is 9.98. The molecule has 1 saturated heterocycles. The molecule has 0 saturated carbocycles. The molecule has 37 heavy (non-hydrogen) atoms. The number of nitrogens with zero attached hydrogens (tertiary/aromatic N) is 4. The van der Waals surface area contributed by atoms with E-state index < -0.39 is 42.6 Å². The summed E-state index contributed by atoms with van der Waals surface area (Å²) in [4.78, 5) is 35.6. The van der Waals surface area contributed by atoms with Gasteiger partial charge in [0.15, 0.2) is 0 Å². The fraction of sp³-hybridized carbons (Fsp3) is 0.320. The van der Waals surface area contributed by atoms with Crippen molar-refractivity contribution in [1.82, 2.24) is 19.9 Å². The van der Waals surface area contributed by atoms with Crippen LogP contribution in [0, 0.1) is 11.6 Å². The van der Waals surface area contributed by atoms with Gasteiger partial charge in [-0.05, 0) is 31.2 Å². The Balaban J connectivity index is 0.00000121. The average molecular weight is 519 g/mol. The molecule has 2 N–H and O–H groups in total. The summed E-state index contributed by atoms with van der Waals surface area (Å²) >= 11 is 0. The molecule has 196 valence electrons. The Morgan fingerprint density at radius 1 is 1.08 bits per heavy atom. The van der Waals surface area contributed by atoms with E-state index in [1.54, 1.807) is 6.92 Å². The first-order chi connectivity index (χ1) is 17.5. The summed E-state index contributed by atoms with van der Waals surface area (Å²) in [5, 5.41) is 9.60. The first-order valence-electron chi connectivity index (χ1n) is 11.2. The van der Waals surface area contributed by atoms with E-state index in [1.165, 1.54) is 29.6 Å². The van der Waals surface area contributed by atoms with Crippen LogP contribution in [0.1, 0.15) is 54.6 Å². The minimum atomic E-state index is -2.81. The summed E-state index contributed by atoms with van der Waals surface area (Å²) < 4.78 is 55.6. The van der Waals surface area contributed by atoms with E-state index in [1.807, 2.05) is 13.8 Å². The molecule has 12 heteroatoms. The summed E-state index contributed by atoms with van der Waals surface area (Å²) in [6.07, 6.45) is 4.12. The molecular weight excluding hydrogens is 494 g/mol. The van der Waals surface area contributed by atoms with Crippen LogP contribution < -0.4 is 5.32 Å². The second-order valence-corrected chi connectivity index (χ2v) is 8.72. The van der Waals surface area contributed by atoms with Crippen molar-refractivity contribution in [2.75, 3.05) is 18.4 Å². The van der Waals surface area contributed by atoms with Gasteiger partial charge in [-0.3, -0.25) is 19.5 Å². The molecule has 2 aromatic heterocycles. The molecule has 3 heterocycles. The van der Waals surface area contributed by atoms with Gasteiger partial charge in [0.2, 0.25) is 0 Å². The van der Waals surface area contributed by atoms with Crippen LogP contribution in [0.3, 0.4) is 0 Å². The Hall–Kier alpha value is -3.93. The predicted octanol–water partition coefficient (Wildman–Crippen LogP) is 4.91. The zero-order valence-corrected chi connectivity index (χ0v) is 20.3. The van der Waals surface area contributed by atoms with Gasteiger partial charge >= 0.3 is 0 Å². The highest BCUT2D eigenvalue weighted by Crippen LogP contribution is 2.40. The maximum Gasteiger partial charge on any atom is 0.290 e. The second-order valence-electron chi connectivity index (χ2n) is 8.72. The molecule has 4 rings (SSSR count). The molecule has 0 aliphatic carbocycles. The number of hydrogen-bond donors (Lipinski definition) is 2. The van der Waals surface area contributed by atoms with Crippen molar-refractivity contribution in [3.8, 4) is 11.1 Å². The molecular formula is C25H25F4N5O3. The predicted molar refractivity (Wildman–Crippen MR) is 127 cm³/mol. The van der Waals surface area contributed by atoms with Crippen molar-refractivity contribution < 1.29 is 32.3 Å². The van der Waals surface area contributed by atoms with E-state index in [9.17, 15) is 22.4 Å². The summed E-state index contributed by atoms with van der Waals surface area (Å²) in [5.74, 6) is -4.14. The number of pyridine rings is 1. The van der Waals surface area contributed by atoms with Crippen molar-refractivity contribution in [2.24, 2.45) is 0 Å². The molecule has 1 atom stereocenters. The Kier molecular flexibility index (Phi) is 8.53. The molecule has 1 fully saturated rings. The van der Waals surface area contributed by atoms with Gasteiger partial charge in [0, 0.05) is 35.6 Å². The Morgan fingerprint density at radius 2 is 1.70 bits per heavy atom. The normalized spacial score (nSPS) is 15.2. The molecule has 0 spiro atoms. The van der Waals surface area contributed by atoms with Crippen LogP contribution in [0.4, 0.5) is 23.2 Å². The van der Waals surface area contributed by atoms with Crippen LogP contribution in [0.2, 0.25) is 0 Å². The lowest BCUT2D eigenvalue weighted by Gasteiger charge is -2.42. The van der Waals surface area contributed by atoms with E-state index in [0.29, 0.717) is 5.82 Å². The van der Waals surface area contributed by atoms with Gasteiger partial charge in [-0.2, -0.15) is 0 Å². The number of alkyl halides is 2. The largest absolute Gasteiger partial charge is 0.483 e. The highest BCUT2D eigenvalue weighted by atomic mass is 19.3. The number of amides is 1. The Bertz CT molecular complexity index is 1260. The van der Waals surface area contributed by atoms with Gasteiger partial charge in [0.05, 0.1) is 36.1 Å². The number of rotatable bonds is 6. The molecule has 8 nitrogen and oxygen atoms in total. The number of hydrogen-bond acceptors (Lipinski definition) is 6. The highest BCUT2D eigenvalue weighted by Gasteiger charge is 2.46. The molecule has 0 bridgehead atoms. The van der Waals surface area contributed by atoms with E-state index in [-0.39, 0.29) is 40.5 Å². The van der Waals surface area contributed by atoms with Gasteiger partial charge in [0.25, 0.3) is 18.3 Å². The van der Waals surface area contributed by atoms with Crippen molar-refractivity contribution in [1.29, 1.82) is 0 Å². The zero-order chi connectivity index (χ0) is 27.3. The smallest absolute Gasteiger partial charge is 0.290 e. The maximum absolute atomic E-state index is 14.7. The number of carbonyl (C=O) groups excluding carboxylic acids is 1. The van der Waals surface area contributed by atoms with E-state index in [2.05, 4.69) is 20.3 Å². The molecule has 0 radical (unpaired) electrons. The number of carboxylic acid groups (broad SMARTS) is 1. The van der Waals surface area contributed by atoms with E-state index in [0.717, 1.165) is 18.2 Å². The number of carbonyl (C=O) groups is 2. The van der Waals surface area contributed by atoms with Crippen molar-refractivity contribution >= 4 is 18.1 Å². The number of aromatic nitrogens is 3. The maximum atomic E-state index is 14.7. The zero-order valence-electron chi connectivity index (χ0n) is 20.3. The second kappa shape index (κ2) is 11.4. The van der Waals surface area contributed by atoms with Crippen molar-refractivity contribution in [2.45, 2.75) is 38.7 Å². The monoisotopic (exact) mass is 519 g/mol. The van der Waals surface area contributed by atoms with E-state index in [4.69, 9.17) is 9.90 Å². The van der Waals surface area contributed by atoms with Gasteiger partial charge in [-0.15, -0.1) is 0 Å². The average Bonchev–Trinajstić information content (AvgIpc) is 2.84. The lowest BCUT2D eigenvalue weighted by Crippen LogP contribution is -2.56. The summed E-state index contributed by atoms with van der Waals surface area (Å²) in [7, 11) is 0. The third-order valence-corrected chi connectivity index (χ3v) is 5.70. The number of benzene rings is 1. The molecule has 1 aliphatic heterocycles. The molecule has 1 aromatic carbocycles. The standard InChI is InChI=1S/C24H23F4N5O.CH2O2/c1-13(2)22-30-9-15(10-31-22)23(34)32-21-17(18-8-16(25)4-5-19(18)26)6-7-29-20(21)14(3)33-11-24(27,28)12-33;2-1-3/h4-10,13-14H,11-12H2,1-3H3,(H,32,34);1H,(H,2,3)/t14-;/m0./s1. The van der Waals surface area contributed by atoms with Gasteiger partial charge in [-0.25, -0.2) is 27.5 Å². The quantitative estimate of drug-likeness (QED) is 0.352. The first kappa shape index (κ1) is 27.7. The lowest BCUT2D eigenvalue weighted by molar-refractivity contribution is -0.144. The third kappa shape index (κ3) is 6.45. The molecule has 1 amide bonds. The minimum absolute atomic E-state index is 0.0695. The Labute approximate surface area is 210 Å². The minimum Gasteiger partial charge on any atom is -0.483 e. The summed E-state index contributed by atoms with van der Waals surface area (Å²) in [6, 6.07) is 3.79. The van der Waals surface area contributed by atoms with Gasteiger partial charge < -0.3 is 10.4 Å². The van der Waals surface area contributed by atoms with Crippen LogP contribution in [-0.4, -0.2) is 56.3 Å². The first-order valence-corrected chi connectivity index (χ1v) is 11.2. The fourth-order valence-electron chi connectivity index (χ4n) is 3.79. The third-order valence-electron chi connectivity index (χ3n) is 5.70. The molecule has 3 aromatic rings. The number of halogens is 4. The fourth-order valence-corrected chi connectivity index (χ4v) is 3.79. The number of nitrogens with one attached hydrogen (secondary N) is 1. The van der Waals surface area contributed by atoms with Crippen LogP contribution in [0.25, 0.3) is 11.1 Å². The number of likely N-dealkylation sites (tertiary alicyclic amines) is 1. The highest BCUT2D eigenvalue weighted by molar-refractivity contribution is 6.06. The topological polar surface area (TPSA) is 108 Å². The molecule has 0 unspecified atom stereocenters. The van der Waals surface area contributed by atoms with Crippen molar-refractivity contribution in [3.63, 3.8) is 0 Å². The van der Waals surface area contributed by atoms with Crippen LogP contribution in [0.15, 0.2) is 42.9 Å². The van der Waals surface area contributed by atoms with Crippen LogP contribution in [-0.2, 0) is 4.79 Å². The van der Waals surface area contributed by atoms with Crippen molar-refractivity contribution in [3.05, 3.63) is 71.6 Å². The van der Waals surface area contributed by atoms with Gasteiger partial charge in [0.1, 0.15) is 17.5 Å². The van der Waals surface area contributed by atoms with Crippen LogP contribution >= 0.6 is 0 Å². The van der Waals surface area contributed by atoms with Crippen LogP contribution in [0.5, 0.6) is 0 Å². The summed E-state index contributed by atoms with van der Waals surface area (Å²) in [5.41, 5.74) is 0.589. The Morgan fingerprint density at radius 3 is 2.27 bits per heavy atom. The SMILES string of the molecule is CC(C)c1ncc(C(=O)Nc2c(-c3cc(F)ccc3F)ccnc2[C@H](C)N2CC(F)(F)C2)cn1.O=CO.